The minimum atomic E-state index is -0.0642. The first-order chi connectivity index (χ1) is 15.2. The quantitative estimate of drug-likeness (QED) is 0.613. The molecule has 1 saturated heterocycles. The normalized spacial score (nSPS) is 18.8. The fourth-order valence-corrected chi connectivity index (χ4v) is 4.90. The second-order valence-corrected chi connectivity index (χ2v) is 8.86. The molecule has 158 valence electrons. The number of aromatic nitrogens is 4. The maximum Gasteiger partial charge on any atom is 0.239 e. The van der Waals surface area contributed by atoms with Crippen LogP contribution in [0.5, 0.6) is 0 Å². The monoisotopic (exact) mass is 432 g/mol. The third-order valence-corrected chi connectivity index (χ3v) is 6.59. The zero-order chi connectivity index (χ0) is 21.0. The van der Waals surface area contributed by atoms with Gasteiger partial charge in [-0.25, -0.2) is 15.0 Å². The fraction of sp³-hybridized carbons (Fsp3) is 0.348. The number of fused-ring (bicyclic) bond motifs is 1. The molecule has 0 spiro atoms. The van der Waals surface area contributed by atoms with E-state index in [0.717, 1.165) is 30.4 Å². The van der Waals surface area contributed by atoms with E-state index in [2.05, 4.69) is 36.2 Å². The summed E-state index contributed by atoms with van der Waals surface area (Å²) in [6, 6.07) is 7.37. The molecule has 1 aliphatic carbocycles. The minimum Gasteiger partial charge on any atom is -0.309 e. The van der Waals surface area contributed by atoms with Crippen LogP contribution in [0.2, 0.25) is 0 Å². The molecule has 1 N–H and O–H groups in total. The van der Waals surface area contributed by atoms with Crippen molar-refractivity contribution in [1.82, 2.24) is 24.8 Å². The van der Waals surface area contributed by atoms with Crippen LogP contribution in [0.4, 0.5) is 5.82 Å². The summed E-state index contributed by atoms with van der Waals surface area (Å²) in [7, 11) is 0. The number of rotatable bonds is 5. The van der Waals surface area contributed by atoms with Crippen LogP contribution in [0, 0.1) is 5.92 Å². The Bertz CT molecular complexity index is 1080. The first-order valence-electron chi connectivity index (χ1n) is 10.7. The van der Waals surface area contributed by atoms with Gasteiger partial charge in [-0.05, 0) is 50.3 Å². The molecule has 0 bridgehead atoms. The smallest absolute Gasteiger partial charge is 0.239 e. The highest BCUT2D eigenvalue weighted by molar-refractivity contribution is 7.13. The van der Waals surface area contributed by atoms with Gasteiger partial charge >= 0.3 is 0 Å². The molecule has 2 aliphatic rings. The van der Waals surface area contributed by atoms with Crippen molar-refractivity contribution in [1.29, 1.82) is 0 Å². The highest BCUT2D eigenvalue weighted by atomic mass is 32.1. The average Bonchev–Trinajstić information content (AvgIpc) is 3.34. The number of carbonyl (C=O) groups is 1. The Hall–Kier alpha value is -2.97. The molecular weight excluding hydrogens is 408 g/mol. The molecule has 3 aromatic rings. The van der Waals surface area contributed by atoms with Gasteiger partial charge in [0.25, 0.3) is 0 Å². The van der Waals surface area contributed by atoms with Gasteiger partial charge in [-0.3, -0.25) is 14.7 Å². The zero-order valence-electron chi connectivity index (χ0n) is 17.2. The van der Waals surface area contributed by atoms with Crippen molar-refractivity contribution in [3.05, 3.63) is 53.7 Å². The summed E-state index contributed by atoms with van der Waals surface area (Å²) in [4.78, 5) is 32.9. The molecule has 0 aromatic carbocycles. The van der Waals surface area contributed by atoms with Crippen LogP contribution in [-0.2, 0) is 4.79 Å². The number of allylic oxidation sites excluding steroid dienone is 1. The van der Waals surface area contributed by atoms with Crippen molar-refractivity contribution in [3.63, 3.8) is 0 Å². The van der Waals surface area contributed by atoms with Gasteiger partial charge in [0.15, 0.2) is 5.82 Å². The van der Waals surface area contributed by atoms with Gasteiger partial charge in [-0.15, -0.1) is 11.3 Å². The molecule has 31 heavy (non-hydrogen) atoms. The maximum absolute atomic E-state index is 12.8. The van der Waals surface area contributed by atoms with Crippen molar-refractivity contribution < 1.29 is 4.79 Å². The number of nitrogens with one attached hydrogen (secondary N) is 1. The van der Waals surface area contributed by atoms with Gasteiger partial charge < -0.3 is 5.32 Å². The number of pyridine rings is 1. The molecule has 1 amide bonds. The van der Waals surface area contributed by atoms with Gasteiger partial charge in [-0.1, -0.05) is 17.7 Å². The summed E-state index contributed by atoms with van der Waals surface area (Å²) < 4.78 is 0. The van der Waals surface area contributed by atoms with E-state index in [1.165, 1.54) is 36.2 Å². The van der Waals surface area contributed by atoms with Crippen molar-refractivity contribution in [2.75, 3.05) is 25.0 Å². The average molecular weight is 433 g/mol. The number of nitrogens with zero attached hydrogens (tertiary/aromatic N) is 5. The molecule has 5 rings (SSSR count). The molecule has 7 nitrogen and oxygen atoms in total. The first-order valence-corrected chi connectivity index (χ1v) is 11.5. The van der Waals surface area contributed by atoms with E-state index in [9.17, 15) is 4.79 Å². The van der Waals surface area contributed by atoms with Gasteiger partial charge in [-0.2, -0.15) is 0 Å². The second kappa shape index (κ2) is 9.03. The lowest BCUT2D eigenvalue weighted by Gasteiger charge is -2.35. The number of hydrogen-bond donors (Lipinski definition) is 1. The predicted octanol–water partition coefficient (Wildman–Crippen LogP) is 4.03. The number of carbonyl (C=O) groups excluding carboxylic acids is 1. The number of likely N-dealkylation sites (tertiary alicyclic amines) is 1. The van der Waals surface area contributed by atoms with Crippen LogP contribution in [0.1, 0.15) is 25.7 Å². The minimum absolute atomic E-state index is 0.0642. The highest BCUT2D eigenvalue weighted by Gasteiger charge is 2.26. The van der Waals surface area contributed by atoms with Gasteiger partial charge in [0.2, 0.25) is 5.91 Å². The van der Waals surface area contributed by atoms with Crippen molar-refractivity contribution in [2.45, 2.75) is 25.7 Å². The third kappa shape index (κ3) is 4.70. The Labute approximate surface area is 185 Å². The molecule has 1 unspecified atom stereocenters. The molecule has 8 heteroatoms. The van der Waals surface area contributed by atoms with E-state index in [4.69, 9.17) is 0 Å². The Balaban J connectivity index is 1.34. The summed E-state index contributed by atoms with van der Waals surface area (Å²) in [6.07, 6.45) is 10.7. The van der Waals surface area contributed by atoms with E-state index < -0.39 is 0 Å². The lowest BCUT2D eigenvalue weighted by atomic mass is 9.82. The lowest BCUT2D eigenvalue weighted by molar-refractivity contribution is -0.117. The topological polar surface area (TPSA) is 83.9 Å². The molecule has 1 fully saturated rings. The molecule has 4 heterocycles. The fourth-order valence-electron chi connectivity index (χ4n) is 4.30. The lowest BCUT2D eigenvalue weighted by Crippen LogP contribution is -2.41. The van der Waals surface area contributed by atoms with Gasteiger partial charge in [0.1, 0.15) is 22.2 Å². The molecular formula is C23H24N6OS. The SMILES string of the molecule is O=C(CN1CCC2CCCC=C2C1)Nc1cc(-c2nccs2)nc(-c2ccccn2)n1. The summed E-state index contributed by atoms with van der Waals surface area (Å²) in [5.74, 6) is 1.59. The van der Waals surface area contributed by atoms with Crippen molar-refractivity contribution in [3.8, 4) is 22.2 Å². The van der Waals surface area contributed by atoms with Gasteiger partial charge in [0.05, 0.1) is 6.54 Å². The van der Waals surface area contributed by atoms with Crippen LogP contribution in [0.3, 0.4) is 0 Å². The van der Waals surface area contributed by atoms with Crippen LogP contribution in [-0.4, -0.2) is 50.4 Å². The van der Waals surface area contributed by atoms with Crippen LogP contribution >= 0.6 is 11.3 Å². The number of anilines is 1. The first kappa shape index (κ1) is 20.0. The highest BCUT2D eigenvalue weighted by Crippen LogP contribution is 2.31. The van der Waals surface area contributed by atoms with E-state index in [-0.39, 0.29) is 5.91 Å². The van der Waals surface area contributed by atoms with Crippen molar-refractivity contribution >= 4 is 23.1 Å². The number of piperidine rings is 1. The number of hydrogen-bond acceptors (Lipinski definition) is 7. The Morgan fingerprint density at radius 3 is 2.97 bits per heavy atom. The molecule has 0 saturated carbocycles. The van der Waals surface area contributed by atoms with Crippen LogP contribution in [0.25, 0.3) is 22.2 Å². The van der Waals surface area contributed by atoms with E-state index >= 15 is 0 Å². The summed E-state index contributed by atoms with van der Waals surface area (Å²) in [5.41, 5.74) is 2.84. The summed E-state index contributed by atoms with van der Waals surface area (Å²) >= 11 is 1.50. The number of thiazole rings is 1. The molecule has 0 radical (unpaired) electrons. The van der Waals surface area contributed by atoms with E-state index in [1.54, 1.807) is 18.5 Å². The second-order valence-electron chi connectivity index (χ2n) is 7.97. The Morgan fingerprint density at radius 2 is 2.13 bits per heavy atom. The molecule has 3 aromatic heterocycles. The predicted molar refractivity (Wildman–Crippen MR) is 121 cm³/mol. The van der Waals surface area contributed by atoms with Gasteiger partial charge in [0, 0.05) is 30.4 Å². The van der Waals surface area contributed by atoms with Crippen molar-refractivity contribution in [2.24, 2.45) is 5.92 Å². The molecule has 1 atom stereocenters. The Morgan fingerprint density at radius 1 is 1.16 bits per heavy atom. The van der Waals surface area contributed by atoms with Crippen LogP contribution < -0.4 is 5.32 Å². The largest absolute Gasteiger partial charge is 0.309 e. The van der Waals surface area contributed by atoms with Crippen LogP contribution in [0.15, 0.2) is 53.7 Å². The molecule has 1 aliphatic heterocycles. The van der Waals surface area contributed by atoms with E-state index in [0.29, 0.717) is 29.6 Å². The van der Waals surface area contributed by atoms with E-state index in [1.807, 2.05) is 23.6 Å². The summed E-state index contributed by atoms with van der Waals surface area (Å²) in [6.45, 7) is 2.22. The zero-order valence-corrected chi connectivity index (χ0v) is 18.0. The summed E-state index contributed by atoms with van der Waals surface area (Å²) in [5, 5.41) is 5.65. The Kier molecular flexibility index (Phi) is 5.82. The maximum atomic E-state index is 12.8. The standard InChI is InChI=1S/C23H24N6OS/c30-21(15-29-11-8-16-5-1-2-6-17(16)14-29)27-20-13-19(23-25-10-12-31-23)26-22(28-20)18-7-3-4-9-24-18/h3-4,6-7,9-10,12-13,16H,1-2,5,8,11,14-15H2,(H,26,27,28,30). The third-order valence-electron chi connectivity index (χ3n) is 5.79. The number of amides is 1.